The Morgan fingerprint density at radius 1 is 1.03 bits per heavy atom. The Morgan fingerprint density at radius 3 is 2.58 bits per heavy atom. The summed E-state index contributed by atoms with van der Waals surface area (Å²) in [5.74, 6) is 0.209. The molecule has 36 heavy (non-hydrogen) atoms. The van der Waals surface area contributed by atoms with Crippen molar-refractivity contribution in [2.45, 2.75) is 57.5 Å². The molecule has 5 rings (SSSR count). The molecule has 0 saturated carbocycles. The van der Waals surface area contributed by atoms with Crippen LogP contribution in [0.3, 0.4) is 0 Å². The molecule has 3 atom stereocenters. The molecule has 1 aliphatic rings. The smallest absolute Gasteiger partial charge is 0.335 e. The number of benzene rings is 4. The third-order valence-corrected chi connectivity index (χ3v) is 7.58. The summed E-state index contributed by atoms with van der Waals surface area (Å²) in [6.07, 6.45) is 3.74. The fourth-order valence-electron chi connectivity index (χ4n) is 5.59. The summed E-state index contributed by atoms with van der Waals surface area (Å²) in [5, 5.41) is 11.3. The second-order valence-electron chi connectivity index (χ2n) is 9.96. The van der Waals surface area contributed by atoms with Crippen LogP contribution in [-0.4, -0.2) is 17.2 Å². The molecule has 1 N–H and O–H groups in total. The number of hydrogen-bond acceptors (Lipinski definition) is 2. The van der Waals surface area contributed by atoms with Crippen molar-refractivity contribution in [1.29, 1.82) is 0 Å². The Labute approximate surface area is 211 Å². The van der Waals surface area contributed by atoms with Crippen molar-refractivity contribution in [2.24, 2.45) is 0 Å². The van der Waals surface area contributed by atoms with Gasteiger partial charge in [0.1, 0.15) is 11.6 Å². The summed E-state index contributed by atoms with van der Waals surface area (Å²) in [6, 6.07) is 25.0. The number of ether oxygens (including phenoxy) is 1. The van der Waals surface area contributed by atoms with Crippen LogP contribution < -0.4 is 4.74 Å². The van der Waals surface area contributed by atoms with Crippen LogP contribution in [0.25, 0.3) is 10.8 Å². The standard InChI is InChI=1S/C32H31FO3/c1-20(24-16-17-30(33)26-11-4-3-10-25(24)26)8-7-9-23-19-29(27-12-5-6-13-31(27)36-23)22-15-14-21(2)28(18-22)32(34)35/h3-6,10-18,20,23,29H,7-9,19H2,1-2H3,(H,34,35)/t20-,23+,29+/m0/s1. The van der Waals surface area contributed by atoms with Crippen LogP contribution in [0.5, 0.6) is 5.75 Å². The Bertz CT molecular complexity index is 1410. The van der Waals surface area contributed by atoms with Crippen LogP contribution in [0.15, 0.2) is 78.9 Å². The number of carboxylic acids is 1. The van der Waals surface area contributed by atoms with Crippen molar-refractivity contribution in [3.63, 3.8) is 0 Å². The number of hydrogen-bond donors (Lipinski definition) is 1. The zero-order chi connectivity index (χ0) is 25.2. The molecule has 0 aromatic heterocycles. The molecule has 0 fully saturated rings. The third-order valence-electron chi connectivity index (χ3n) is 7.58. The number of halogens is 1. The van der Waals surface area contributed by atoms with Gasteiger partial charge in [-0.05, 0) is 78.8 Å². The first-order valence-electron chi connectivity index (χ1n) is 12.7. The lowest BCUT2D eigenvalue weighted by Gasteiger charge is -2.33. The van der Waals surface area contributed by atoms with Gasteiger partial charge in [-0.2, -0.15) is 0 Å². The fourth-order valence-corrected chi connectivity index (χ4v) is 5.59. The first-order valence-corrected chi connectivity index (χ1v) is 12.7. The van der Waals surface area contributed by atoms with E-state index in [4.69, 9.17) is 4.74 Å². The molecule has 0 aliphatic carbocycles. The molecule has 4 aromatic rings. The van der Waals surface area contributed by atoms with E-state index in [1.54, 1.807) is 6.07 Å². The lowest BCUT2D eigenvalue weighted by atomic mass is 9.82. The highest BCUT2D eigenvalue weighted by atomic mass is 19.1. The largest absolute Gasteiger partial charge is 0.490 e. The lowest BCUT2D eigenvalue weighted by Crippen LogP contribution is -2.26. The summed E-state index contributed by atoms with van der Waals surface area (Å²) >= 11 is 0. The van der Waals surface area contributed by atoms with Crippen molar-refractivity contribution in [2.75, 3.05) is 0 Å². The third kappa shape index (κ3) is 4.73. The zero-order valence-electron chi connectivity index (χ0n) is 20.7. The Hall–Kier alpha value is -3.66. The van der Waals surface area contributed by atoms with E-state index in [2.05, 4.69) is 13.0 Å². The number of carboxylic acid groups (broad SMARTS) is 1. The van der Waals surface area contributed by atoms with Crippen LogP contribution in [-0.2, 0) is 0 Å². The van der Waals surface area contributed by atoms with Gasteiger partial charge >= 0.3 is 5.97 Å². The minimum Gasteiger partial charge on any atom is -0.490 e. The maximum absolute atomic E-state index is 14.3. The van der Waals surface area contributed by atoms with Gasteiger partial charge in [0.25, 0.3) is 0 Å². The van der Waals surface area contributed by atoms with Crippen LogP contribution in [0.2, 0.25) is 0 Å². The van der Waals surface area contributed by atoms with Gasteiger partial charge in [-0.3, -0.25) is 0 Å². The Kier molecular flexibility index (Phi) is 6.77. The highest BCUT2D eigenvalue weighted by Crippen LogP contribution is 2.42. The fraction of sp³-hybridized carbons (Fsp3) is 0.281. The summed E-state index contributed by atoms with van der Waals surface area (Å²) in [5.41, 5.74) is 4.43. The number of para-hydroxylation sites is 1. The maximum atomic E-state index is 14.3. The summed E-state index contributed by atoms with van der Waals surface area (Å²) in [6.45, 7) is 4.04. The van der Waals surface area contributed by atoms with Gasteiger partial charge in [0.05, 0.1) is 11.7 Å². The van der Waals surface area contributed by atoms with E-state index in [1.807, 2.05) is 73.7 Å². The van der Waals surface area contributed by atoms with Gasteiger partial charge in [0.2, 0.25) is 0 Å². The van der Waals surface area contributed by atoms with Gasteiger partial charge in [0, 0.05) is 16.9 Å². The quantitative estimate of drug-likeness (QED) is 0.288. The number of aromatic carboxylic acids is 1. The predicted octanol–water partition coefficient (Wildman–Crippen LogP) is 8.24. The SMILES string of the molecule is Cc1ccc([C@H]2C[C@@H](CCC[C@H](C)c3ccc(F)c4ccccc34)Oc3ccccc32)cc1C(=O)O. The molecule has 4 aromatic carbocycles. The van der Waals surface area contributed by atoms with Crippen LogP contribution >= 0.6 is 0 Å². The van der Waals surface area contributed by atoms with E-state index in [9.17, 15) is 14.3 Å². The number of carbonyl (C=O) groups is 1. The molecule has 1 heterocycles. The number of aryl methyl sites for hydroxylation is 1. The predicted molar refractivity (Wildman–Crippen MR) is 142 cm³/mol. The monoisotopic (exact) mass is 482 g/mol. The highest BCUT2D eigenvalue weighted by Gasteiger charge is 2.30. The van der Waals surface area contributed by atoms with Gasteiger partial charge in [-0.25, -0.2) is 9.18 Å². The average Bonchev–Trinajstić information content (AvgIpc) is 2.88. The molecule has 0 saturated heterocycles. The normalized spacial score (nSPS) is 17.9. The van der Waals surface area contributed by atoms with E-state index in [-0.39, 0.29) is 17.8 Å². The van der Waals surface area contributed by atoms with Gasteiger partial charge in [0.15, 0.2) is 0 Å². The van der Waals surface area contributed by atoms with E-state index in [1.165, 1.54) is 5.56 Å². The number of fused-ring (bicyclic) bond motifs is 2. The van der Waals surface area contributed by atoms with Crippen LogP contribution in [0, 0.1) is 12.7 Å². The summed E-state index contributed by atoms with van der Waals surface area (Å²) < 4.78 is 20.7. The molecule has 0 unspecified atom stereocenters. The van der Waals surface area contributed by atoms with E-state index in [0.29, 0.717) is 16.9 Å². The topological polar surface area (TPSA) is 46.5 Å². The highest BCUT2D eigenvalue weighted by molar-refractivity contribution is 5.89. The zero-order valence-corrected chi connectivity index (χ0v) is 20.7. The minimum atomic E-state index is -0.895. The molecule has 0 amide bonds. The van der Waals surface area contributed by atoms with E-state index < -0.39 is 5.97 Å². The van der Waals surface area contributed by atoms with Crippen molar-refractivity contribution < 1.29 is 19.0 Å². The summed E-state index contributed by atoms with van der Waals surface area (Å²) in [7, 11) is 0. The van der Waals surface area contributed by atoms with Crippen molar-refractivity contribution in [1.82, 2.24) is 0 Å². The molecular weight excluding hydrogens is 451 g/mol. The van der Waals surface area contributed by atoms with Crippen molar-refractivity contribution in [3.05, 3.63) is 112 Å². The molecule has 0 radical (unpaired) electrons. The van der Waals surface area contributed by atoms with Gasteiger partial charge in [-0.15, -0.1) is 0 Å². The molecule has 0 spiro atoms. The van der Waals surface area contributed by atoms with Crippen molar-refractivity contribution >= 4 is 16.7 Å². The maximum Gasteiger partial charge on any atom is 0.335 e. The Balaban J connectivity index is 1.32. The second kappa shape index (κ2) is 10.1. The molecule has 1 aliphatic heterocycles. The molecular formula is C32H31FO3. The second-order valence-corrected chi connectivity index (χ2v) is 9.96. The van der Waals surface area contributed by atoms with Crippen molar-refractivity contribution in [3.8, 4) is 5.75 Å². The lowest BCUT2D eigenvalue weighted by molar-refractivity contribution is 0.0696. The molecule has 4 heteroatoms. The van der Waals surface area contributed by atoms with Crippen LogP contribution in [0.4, 0.5) is 4.39 Å². The first kappa shape index (κ1) is 24.1. The van der Waals surface area contributed by atoms with Crippen LogP contribution in [0.1, 0.15) is 77.1 Å². The minimum absolute atomic E-state index is 0.0524. The van der Waals surface area contributed by atoms with E-state index >= 15 is 0 Å². The molecule has 0 bridgehead atoms. The summed E-state index contributed by atoms with van der Waals surface area (Å²) in [4.78, 5) is 11.7. The van der Waals surface area contributed by atoms with Gasteiger partial charge in [-0.1, -0.05) is 67.6 Å². The molecule has 184 valence electrons. The van der Waals surface area contributed by atoms with E-state index in [0.717, 1.165) is 53.5 Å². The average molecular weight is 483 g/mol. The molecule has 3 nitrogen and oxygen atoms in total. The van der Waals surface area contributed by atoms with Gasteiger partial charge < -0.3 is 9.84 Å². The first-order chi connectivity index (χ1) is 17.4. The number of rotatable bonds is 7. The Morgan fingerprint density at radius 2 is 1.78 bits per heavy atom.